The average molecular weight is 520 g/mol. The minimum Gasteiger partial charge on any atom is -0.490 e. The SMILES string of the molecule is CCOc1ccc([C@@H]2c3cc(OCC)c(OCC)cc3CC(=O)N2c2ccc(C(=O)O)cc2)cc1OCC. The van der Waals surface area contributed by atoms with Crippen LogP contribution in [0.3, 0.4) is 0 Å². The van der Waals surface area contributed by atoms with Crippen LogP contribution in [0.15, 0.2) is 54.6 Å². The number of hydrogen-bond acceptors (Lipinski definition) is 6. The van der Waals surface area contributed by atoms with Gasteiger partial charge in [-0.2, -0.15) is 0 Å². The number of aromatic carboxylic acids is 1. The van der Waals surface area contributed by atoms with Gasteiger partial charge in [0.1, 0.15) is 0 Å². The van der Waals surface area contributed by atoms with Crippen LogP contribution in [-0.2, 0) is 11.2 Å². The van der Waals surface area contributed by atoms with Gasteiger partial charge in [-0.05, 0) is 92.9 Å². The minimum atomic E-state index is -1.03. The van der Waals surface area contributed by atoms with Crippen molar-refractivity contribution in [3.8, 4) is 23.0 Å². The van der Waals surface area contributed by atoms with Crippen LogP contribution < -0.4 is 23.8 Å². The van der Waals surface area contributed by atoms with Crippen molar-refractivity contribution in [3.63, 3.8) is 0 Å². The molecule has 1 heterocycles. The second-order valence-electron chi connectivity index (χ2n) is 8.63. The number of carboxylic acids is 1. The van der Waals surface area contributed by atoms with E-state index >= 15 is 0 Å². The van der Waals surface area contributed by atoms with Crippen molar-refractivity contribution in [2.45, 2.75) is 40.2 Å². The Hall–Kier alpha value is -4.20. The van der Waals surface area contributed by atoms with Crippen LogP contribution in [0.1, 0.15) is 60.8 Å². The van der Waals surface area contributed by atoms with Crippen molar-refractivity contribution in [3.05, 3.63) is 76.9 Å². The number of nitrogens with zero attached hydrogens (tertiary/aromatic N) is 1. The lowest BCUT2D eigenvalue weighted by molar-refractivity contribution is -0.118. The van der Waals surface area contributed by atoms with Crippen LogP contribution in [-0.4, -0.2) is 43.4 Å². The second kappa shape index (κ2) is 11.9. The first-order chi connectivity index (χ1) is 18.4. The molecule has 1 atom stereocenters. The Balaban J connectivity index is 1.93. The van der Waals surface area contributed by atoms with Gasteiger partial charge >= 0.3 is 5.97 Å². The first kappa shape index (κ1) is 26.9. The van der Waals surface area contributed by atoms with E-state index in [-0.39, 0.29) is 17.9 Å². The van der Waals surface area contributed by atoms with E-state index in [1.54, 1.807) is 17.0 Å². The molecule has 4 rings (SSSR count). The quantitative estimate of drug-likeness (QED) is 0.349. The van der Waals surface area contributed by atoms with Gasteiger partial charge in [-0.25, -0.2) is 4.79 Å². The normalized spacial score (nSPS) is 14.6. The number of hydrogen-bond donors (Lipinski definition) is 1. The summed E-state index contributed by atoms with van der Waals surface area (Å²) in [5.74, 6) is 1.26. The molecule has 38 heavy (non-hydrogen) atoms. The Morgan fingerprint density at radius 1 is 0.789 bits per heavy atom. The number of rotatable bonds is 11. The Kier molecular flexibility index (Phi) is 8.41. The largest absolute Gasteiger partial charge is 0.490 e. The fourth-order valence-electron chi connectivity index (χ4n) is 4.72. The van der Waals surface area contributed by atoms with E-state index in [1.165, 1.54) is 12.1 Å². The number of ether oxygens (including phenoxy) is 4. The van der Waals surface area contributed by atoms with Crippen molar-refractivity contribution in [2.75, 3.05) is 31.3 Å². The molecule has 1 N–H and O–H groups in total. The van der Waals surface area contributed by atoms with Crippen molar-refractivity contribution >= 4 is 17.6 Å². The van der Waals surface area contributed by atoms with E-state index in [0.29, 0.717) is 55.1 Å². The lowest BCUT2D eigenvalue weighted by atomic mass is 9.86. The molecule has 0 saturated heterocycles. The van der Waals surface area contributed by atoms with E-state index in [9.17, 15) is 14.7 Å². The topological polar surface area (TPSA) is 94.5 Å². The number of carboxylic acid groups (broad SMARTS) is 1. The zero-order valence-corrected chi connectivity index (χ0v) is 22.2. The molecule has 1 aliphatic heterocycles. The third-order valence-corrected chi connectivity index (χ3v) is 6.24. The lowest BCUT2D eigenvalue weighted by Crippen LogP contribution is -2.41. The van der Waals surface area contributed by atoms with Crippen molar-refractivity contribution in [1.82, 2.24) is 0 Å². The summed E-state index contributed by atoms with van der Waals surface area (Å²) in [6.45, 7) is 9.50. The van der Waals surface area contributed by atoms with E-state index in [2.05, 4.69) is 0 Å². The zero-order valence-electron chi connectivity index (χ0n) is 22.2. The number of amides is 1. The van der Waals surface area contributed by atoms with Gasteiger partial charge in [0.25, 0.3) is 0 Å². The average Bonchev–Trinajstić information content (AvgIpc) is 2.90. The molecule has 0 aromatic heterocycles. The predicted molar refractivity (Wildman–Crippen MR) is 144 cm³/mol. The lowest BCUT2D eigenvalue weighted by Gasteiger charge is -2.38. The smallest absolute Gasteiger partial charge is 0.335 e. The van der Waals surface area contributed by atoms with Gasteiger partial charge in [-0.3, -0.25) is 4.79 Å². The van der Waals surface area contributed by atoms with Crippen LogP contribution in [0, 0.1) is 0 Å². The third kappa shape index (κ3) is 5.39. The Labute approximate surface area is 222 Å². The molecule has 0 saturated carbocycles. The summed E-state index contributed by atoms with van der Waals surface area (Å²) in [5.41, 5.74) is 3.30. The molecule has 3 aromatic rings. The third-order valence-electron chi connectivity index (χ3n) is 6.24. The van der Waals surface area contributed by atoms with Crippen molar-refractivity contribution in [2.24, 2.45) is 0 Å². The van der Waals surface area contributed by atoms with Crippen molar-refractivity contribution < 1.29 is 33.6 Å². The Morgan fingerprint density at radius 3 is 1.92 bits per heavy atom. The van der Waals surface area contributed by atoms with Crippen LogP contribution >= 0.6 is 0 Å². The van der Waals surface area contributed by atoms with Crippen LogP contribution in [0.25, 0.3) is 0 Å². The summed E-state index contributed by atoms with van der Waals surface area (Å²) in [4.78, 5) is 26.8. The van der Waals surface area contributed by atoms with Crippen molar-refractivity contribution in [1.29, 1.82) is 0 Å². The fraction of sp³-hybridized carbons (Fsp3) is 0.333. The molecule has 0 aliphatic carbocycles. The predicted octanol–water partition coefficient (Wildman–Crippen LogP) is 5.66. The van der Waals surface area contributed by atoms with Gasteiger partial charge in [0.15, 0.2) is 23.0 Å². The maximum atomic E-state index is 13.7. The molecular formula is C30H33NO7. The summed E-state index contributed by atoms with van der Waals surface area (Å²) in [6, 6.07) is 15.3. The van der Waals surface area contributed by atoms with Gasteiger partial charge in [0, 0.05) is 5.69 Å². The first-order valence-corrected chi connectivity index (χ1v) is 12.9. The molecule has 0 spiro atoms. The molecule has 0 unspecified atom stereocenters. The van der Waals surface area contributed by atoms with Gasteiger partial charge in [-0.15, -0.1) is 0 Å². The van der Waals surface area contributed by atoms with E-state index in [0.717, 1.165) is 16.7 Å². The molecular weight excluding hydrogens is 486 g/mol. The molecule has 0 fully saturated rings. The number of fused-ring (bicyclic) bond motifs is 1. The van der Waals surface area contributed by atoms with E-state index < -0.39 is 12.0 Å². The standard InChI is InChI=1S/C30H33NO7/c1-5-35-24-14-11-20(15-25(24)36-6-2)29-23-18-27(38-8-4)26(37-7-3)16-21(23)17-28(32)31(29)22-12-9-19(10-13-22)30(33)34/h9-16,18,29H,5-8,17H2,1-4H3,(H,33,34)/t29-/m1/s1. The highest BCUT2D eigenvalue weighted by Gasteiger charge is 2.36. The van der Waals surface area contributed by atoms with Gasteiger partial charge in [0.05, 0.1) is 44.5 Å². The van der Waals surface area contributed by atoms with Crippen LogP contribution in [0.5, 0.6) is 23.0 Å². The minimum absolute atomic E-state index is 0.121. The van der Waals surface area contributed by atoms with Gasteiger partial charge in [0.2, 0.25) is 5.91 Å². The Morgan fingerprint density at radius 2 is 1.34 bits per heavy atom. The Bertz CT molecular complexity index is 1300. The van der Waals surface area contributed by atoms with E-state index in [4.69, 9.17) is 18.9 Å². The van der Waals surface area contributed by atoms with Gasteiger partial charge in [-0.1, -0.05) is 6.07 Å². The molecule has 0 bridgehead atoms. The maximum absolute atomic E-state index is 13.7. The molecule has 1 aliphatic rings. The fourth-order valence-corrected chi connectivity index (χ4v) is 4.72. The summed E-state index contributed by atoms with van der Waals surface area (Å²) in [7, 11) is 0. The molecule has 200 valence electrons. The number of benzene rings is 3. The summed E-state index contributed by atoms with van der Waals surface area (Å²) < 4.78 is 23.4. The number of carbonyl (C=O) groups excluding carboxylic acids is 1. The summed E-state index contributed by atoms with van der Waals surface area (Å²) in [6.07, 6.45) is 0.161. The highest BCUT2D eigenvalue weighted by Crippen LogP contribution is 2.45. The highest BCUT2D eigenvalue weighted by molar-refractivity contribution is 5.99. The number of carbonyl (C=O) groups is 2. The van der Waals surface area contributed by atoms with Crippen LogP contribution in [0.2, 0.25) is 0 Å². The number of anilines is 1. The molecule has 1 amide bonds. The maximum Gasteiger partial charge on any atom is 0.335 e. The van der Waals surface area contributed by atoms with Crippen LogP contribution in [0.4, 0.5) is 5.69 Å². The van der Waals surface area contributed by atoms with E-state index in [1.807, 2.05) is 58.0 Å². The molecule has 8 heteroatoms. The summed E-state index contributed by atoms with van der Waals surface area (Å²) >= 11 is 0. The molecule has 3 aromatic carbocycles. The second-order valence-corrected chi connectivity index (χ2v) is 8.63. The zero-order chi connectivity index (χ0) is 27.2. The monoisotopic (exact) mass is 519 g/mol. The highest BCUT2D eigenvalue weighted by atomic mass is 16.5. The molecule has 8 nitrogen and oxygen atoms in total. The summed E-state index contributed by atoms with van der Waals surface area (Å²) in [5, 5.41) is 9.37. The van der Waals surface area contributed by atoms with Gasteiger partial charge < -0.3 is 29.0 Å². The first-order valence-electron chi connectivity index (χ1n) is 12.9. The molecule has 0 radical (unpaired) electrons.